The van der Waals surface area contributed by atoms with E-state index < -0.39 is 5.82 Å². The van der Waals surface area contributed by atoms with Crippen LogP contribution in [0, 0.1) is 5.82 Å². The van der Waals surface area contributed by atoms with Crippen LogP contribution in [0.2, 0.25) is 5.02 Å². The summed E-state index contributed by atoms with van der Waals surface area (Å²) in [4.78, 5) is 28.4. The van der Waals surface area contributed by atoms with Gasteiger partial charge in [0.25, 0.3) is 5.91 Å². The third-order valence-corrected chi connectivity index (χ3v) is 9.46. The van der Waals surface area contributed by atoms with Crippen molar-refractivity contribution in [2.75, 3.05) is 14.2 Å². The van der Waals surface area contributed by atoms with Crippen molar-refractivity contribution in [3.63, 3.8) is 0 Å². The molecule has 1 amide bonds. The molecule has 0 atom stereocenters. The molecule has 0 saturated heterocycles. The van der Waals surface area contributed by atoms with E-state index in [0.717, 1.165) is 42.4 Å². The zero-order valence-corrected chi connectivity index (χ0v) is 24.4. The Morgan fingerprint density at radius 3 is 2.45 bits per heavy atom. The number of benzene rings is 3. The average molecular weight is 579 g/mol. The number of carbonyl (C=O) groups excluding carboxylic acids is 2. The van der Waals surface area contributed by atoms with Gasteiger partial charge in [-0.15, -0.1) is 11.3 Å². The number of halogens is 2. The predicted octanol–water partition coefficient (Wildman–Crippen LogP) is 7.75. The molecule has 0 bridgehead atoms. The number of hydrogen-bond donors (Lipinski definition) is 1. The van der Waals surface area contributed by atoms with Crippen LogP contribution in [0.1, 0.15) is 58.2 Å². The van der Waals surface area contributed by atoms with E-state index in [9.17, 15) is 14.0 Å². The topological polar surface area (TPSA) is 58.6 Å². The van der Waals surface area contributed by atoms with E-state index in [4.69, 9.17) is 16.3 Å². The minimum Gasteiger partial charge on any atom is -0.496 e. The van der Waals surface area contributed by atoms with E-state index in [1.165, 1.54) is 17.4 Å². The van der Waals surface area contributed by atoms with Crippen molar-refractivity contribution < 1.29 is 18.7 Å². The van der Waals surface area contributed by atoms with Gasteiger partial charge >= 0.3 is 0 Å². The second-order valence-corrected chi connectivity index (χ2v) is 11.7. The minimum absolute atomic E-state index is 0.00109. The zero-order chi connectivity index (χ0) is 28.4. The molecule has 1 fully saturated rings. The van der Waals surface area contributed by atoms with E-state index in [2.05, 4.69) is 5.32 Å². The average Bonchev–Trinajstić information content (AvgIpc) is 3.32. The van der Waals surface area contributed by atoms with Gasteiger partial charge in [0.2, 0.25) is 0 Å². The second-order valence-electron chi connectivity index (χ2n) is 10.2. The number of carbonyl (C=O) groups is 2. The van der Waals surface area contributed by atoms with Gasteiger partial charge in [0, 0.05) is 39.8 Å². The van der Waals surface area contributed by atoms with Gasteiger partial charge in [-0.2, -0.15) is 0 Å². The molecular formula is C32H32ClFN2O3S. The predicted molar refractivity (Wildman–Crippen MR) is 160 cm³/mol. The first-order valence-electron chi connectivity index (χ1n) is 13.4. The summed E-state index contributed by atoms with van der Waals surface area (Å²) in [7, 11) is 3.59. The Bertz CT molecular complexity index is 1560. The summed E-state index contributed by atoms with van der Waals surface area (Å²) in [5, 5.41) is 3.81. The molecule has 5 nitrogen and oxygen atoms in total. The number of rotatable bonds is 8. The summed E-state index contributed by atoms with van der Waals surface area (Å²) < 4.78 is 21.0. The highest BCUT2D eigenvalue weighted by atomic mass is 35.5. The van der Waals surface area contributed by atoms with Crippen LogP contribution in [0.3, 0.4) is 0 Å². The molecule has 5 rings (SSSR count). The van der Waals surface area contributed by atoms with Crippen LogP contribution in [0.4, 0.5) is 4.39 Å². The molecule has 1 heterocycles. The van der Waals surface area contributed by atoms with E-state index in [1.807, 2.05) is 48.3 Å². The van der Waals surface area contributed by atoms with E-state index in [0.29, 0.717) is 38.9 Å². The van der Waals surface area contributed by atoms with E-state index in [1.54, 1.807) is 32.2 Å². The molecule has 1 N–H and O–H groups in total. The number of nitrogens with one attached hydrogen (secondary N) is 1. The van der Waals surface area contributed by atoms with Crippen molar-refractivity contribution in [2.45, 2.75) is 51.2 Å². The minimum atomic E-state index is -0.430. The quantitative estimate of drug-likeness (QED) is 0.217. The Hall–Kier alpha value is -3.26. The van der Waals surface area contributed by atoms with Crippen LogP contribution in [0.25, 0.3) is 21.2 Å². The third-order valence-electron chi connectivity index (χ3n) is 7.83. The van der Waals surface area contributed by atoms with Crippen LogP contribution >= 0.6 is 22.9 Å². The molecule has 0 aliphatic heterocycles. The molecule has 4 aromatic rings. The fraction of sp³-hybridized carbons (Fsp3) is 0.312. The van der Waals surface area contributed by atoms with Crippen molar-refractivity contribution in [1.29, 1.82) is 0 Å². The van der Waals surface area contributed by atoms with Crippen molar-refractivity contribution in [1.82, 2.24) is 10.2 Å². The van der Waals surface area contributed by atoms with Gasteiger partial charge in [-0.05, 0) is 81.1 Å². The van der Waals surface area contributed by atoms with Crippen molar-refractivity contribution in [2.24, 2.45) is 0 Å². The van der Waals surface area contributed by atoms with Crippen LogP contribution in [0.15, 0.2) is 60.7 Å². The van der Waals surface area contributed by atoms with Crippen LogP contribution in [-0.2, 0) is 6.54 Å². The normalized spacial score (nSPS) is 17.1. The SMILES string of the molecule is CNC1CCC(N(Cc2cc(-c3cccc(C(C)=O)c3)ccc2OC)C(=O)c2sc3cccc(F)c3c2Cl)CC1. The summed E-state index contributed by atoms with van der Waals surface area (Å²) in [6.07, 6.45) is 3.59. The van der Waals surface area contributed by atoms with Crippen LogP contribution < -0.4 is 10.1 Å². The Labute approximate surface area is 242 Å². The van der Waals surface area contributed by atoms with E-state index >= 15 is 0 Å². The lowest BCUT2D eigenvalue weighted by molar-refractivity contribution is 0.0604. The number of fused-ring (bicyclic) bond motifs is 1. The lowest BCUT2D eigenvalue weighted by Gasteiger charge is -2.37. The van der Waals surface area contributed by atoms with E-state index in [-0.39, 0.29) is 22.8 Å². The maximum absolute atomic E-state index is 14.6. The van der Waals surface area contributed by atoms with Crippen molar-refractivity contribution in [3.8, 4) is 16.9 Å². The van der Waals surface area contributed by atoms with Gasteiger partial charge < -0.3 is 15.0 Å². The zero-order valence-electron chi connectivity index (χ0n) is 22.8. The summed E-state index contributed by atoms with van der Waals surface area (Å²) in [6, 6.07) is 18.6. The van der Waals surface area contributed by atoms with Crippen molar-refractivity contribution in [3.05, 3.63) is 87.5 Å². The summed E-state index contributed by atoms with van der Waals surface area (Å²) in [5.74, 6) is 0.0356. The van der Waals surface area contributed by atoms with Gasteiger partial charge in [-0.1, -0.05) is 41.9 Å². The molecule has 1 aliphatic rings. The number of ketones is 1. The molecular weight excluding hydrogens is 547 g/mol. The molecule has 1 aromatic heterocycles. The van der Waals surface area contributed by atoms with Crippen molar-refractivity contribution >= 4 is 44.7 Å². The Morgan fingerprint density at radius 2 is 1.77 bits per heavy atom. The summed E-state index contributed by atoms with van der Waals surface area (Å²) in [5.41, 5.74) is 3.32. The fourth-order valence-corrected chi connectivity index (χ4v) is 7.07. The number of ether oxygens (including phenoxy) is 1. The standard InChI is InChI=1S/C32H32ClFN2O3S/c1-19(37)20-6-4-7-21(16-20)22-10-15-27(39-3)23(17-22)18-36(25-13-11-24(35-2)12-14-25)32(38)31-30(33)29-26(34)8-5-9-28(29)40-31/h4-10,15-17,24-25,35H,11-14,18H2,1-3H3. The first kappa shape index (κ1) is 28.3. The number of Topliss-reactive ketones (excluding diaryl/α,β-unsaturated/α-hetero) is 1. The molecule has 1 aliphatic carbocycles. The summed E-state index contributed by atoms with van der Waals surface area (Å²) in [6.45, 7) is 1.86. The number of hydrogen-bond acceptors (Lipinski definition) is 5. The number of thiophene rings is 1. The smallest absolute Gasteiger partial charge is 0.266 e. The maximum Gasteiger partial charge on any atom is 0.266 e. The summed E-state index contributed by atoms with van der Waals surface area (Å²) >= 11 is 7.88. The highest BCUT2D eigenvalue weighted by Crippen LogP contribution is 2.39. The molecule has 3 aromatic carbocycles. The van der Waals surface area contributed by atoms with Gasteiger partial charge in [-0.25, -0.2) is 4.39 Å². The fourth-order valence-electron chi connectivity index (χ4n) is 5.56. The Morgan fingerprint density at radius 1 is 1.05 bits per heavy atom. The molecule has 0 unspecified atom stereocenters. The highest BCUT2D eigenvalue weighted by molar-refractivity contribution is 7.21. The molecule has 8 heteroatoms. The lowest BCUT2D eigenvalue weighted by Crippen LogP contribution is -2.44. The maximum atomic E-state index is 14.6. The van der Waals surface area contributed by atoms with Gasteiger partial charge in [0.05, 0.1) is 12.1 Å². The molecule has 208 valence electrons. The molecule has 0 spiro atoms. The van der Waals surface area contributed by atoms with Gasteiger partial charge in [0.15, 0.2) is 5.78 Å². The monoisotopic (exact) mass is 578 g/mol. The lowest BCUT2D eigenvalue weighted by atomic mass is 9.89. The number of methoxy groups -OCH3 is 1. The first-order valence-corrected chi connectivity index (χ1v) is 14.6. The molecule has 1 saturated carbocycles. The molecule has 0 radical (unpaired) electrons. The third kappa shape index (κ3) is 5.64. The largest absolute Gasteiger partial charge is 0.496 e. The van der Waals surface area contributed by atoms with Crippen LogP contribution in [0.5, 0.6) is 5.75 Å². The van der Waals surface area contributed by atoms with Gasteiger partial charge in [-0.3, -0.25) is 9.59 Å². The highest BCUT2D eigenvalue weighted by Gasteiger charge is 2.32. The number of amides is 1. The Balaban J connectivity index is 1.55. The van der Waals surface area contributed by atoms with Gasteiger partial charge in [0.1, 0.15) is 16.4 Å². The number of nitrogens with zero attached hydrogens (tertiary/aromatic N) is 1. The second kappa shape index (κ2) is 12.1. The molecule has 40 heavy (non-hydrogen) atoms. The first-order chi connectivity index (χ1) is 19.3. The Kier molecular flexibility index (Phi) is 8.54. The van der Waals surface area contributed by atoms with Crippen LogP contribution in [-0.4, -0.2) is 42.8 Å².